The molecule has 0 atom stereocenters. The van der Waals surface area contributed by atoms with Gasteiger partial charge in [-0.2, -0.15) is 8.78 Å². The van der Waals surface area contributed by atoms with Crippen LogP contribution in [-0.2, 0) is 11.3 Å². The summed E-state index contributed by atoms with van der Waals surface area (Å²) in [5.41, 5.74) is 0.757. The van der Waals surface area contributed by atoms with Gasteiger partial charge in [-0.3, -0.25) is 0 Å². The predicted octanol–water partition coefficient (Wildman–Crippen LogP) is 4.32. The molecule has 0 bridgehead atoms. The Morgan fingerprint density at radius 3 is 2.95 bits per heavy atom. The maximum Gasteiger partial charge on any atom is 0.349 e. The third kappa shape index (κ3) is 3.57. The molecule has 0 spiro atoms. The lowest BCUT2D eigenvalue weighted by atomic mass is 10.3. The van der Waals surface area contributed by atoms with Crippen LogP contribution in [0.25, 0.3) is 0 Å². The molecule has 0 unspecified atom stereocenters. The standard InChI is InChI=1S/C12H10F2O3S2/c1-7-8(2-4-16-7)6-17-11(15)10-9(3-5-18-10)19-12(13)14/h2-5,12H,6H2,1H3. The Morgan fingerprint density at radius 1 is 1.53 bits per heavy atom. The fourth-order valence-corrected chi connectivity index (χ4v) is 2.99. The molecular formula is C12H10F2O3S2. The van der Waals surface area contributed by atoms with E-state index in [-0.39, 0.29) is 16.4 Å². The summed E-state index contributed by atoms with van der Waals surface area (Å²) in [6.45, 7) is 1.82. The molecule has 0 aliphatic rings. The van der Waals surface area contributed by atoms with Gasteiger partial charge in [-0.15, -0.1) is 11.3 Å². The molecular weight excluding hydrogens is 294 g/mol. The minimum atomic E-state index is -2.56. The lowest BCUT2D eigenvalue weighted by Gasteiger charge is -2.04. The van der Waals surface area contributed by atoms with E-state index in [0.717, 1.165) is 16.9 Å². The van der Waals surface area contributed by atoms with Gasteiger partial charge in [-0.25, -0.2) is 4.79 Å². The summed E-state index contributed by atoms with van der Waals surface area (Å²) in [6.07, 6.45) is 1.50. The van der Waals surface area contributed by atoms with Crippen molar-refractivity contribution in [1.29, 1.82) is 0 Å². The highest BCUT2D eigenvalue weighted by Gasteiger charge is 2.18. The number of hydrogen-bond acceptors (Lipinski definition) is 5. The number of halogens is 2. The number of thioether (sulfide) groups is 1. The summed E-state index contributed by atoms with van der Waals surface area (Å²) in [4.78, 5) is 12.3. The third-order valence-electron chi connectivity index (χ3n) is 2.36. The first-order valence-corrected chi connectivity index (χ1v) is 7.06. The van der Waals surface area contributed by atoms with Crippen LogP contribution >= 0.6 is 23.1 Å². The largest absolute Gasteiger partial charge is 0.469 e. The first-order chi connectivity index (χ1) is 9.08. The average Bonchev–Trinajstić information content (AvgIpc) is 2.95. The molecule has 7 heteroatoms. The van der Waals surface area contributed by atoms with E-state index in [1.165, 1.54) is 12.3 Å². The normalized spacial score (nSPS) is 10.9. The van der Waals surface area contributed by atoms with Gasteiger partial charge < -0.3 is 9.15 Å². The SMILES string of the molecule is Cc1occc1COC(=O)c1sccc1SC(F)F. The Hall–Kier alpha value is -1.34. The molecule has 0 radical (unpaired) electrons. The van der Waals surface area contributed by atoms with Gasteiger partial charge in [0.1, 0.15) is 17.2 Å². The van der Waals surface area contributed by atoms with Crippen LogP contribution in [0.1, 0.15) is 21.0 Å². The van der Waals surface area contributed by atoms with Gasteiger partial charge in [0.15, 0.2) is 0 Å². The molecule has 2 rings (SSSR count). The van der Waals surface area contributed by atoms with E-state index < -0.39 is 11.7 Å². The van der Waals surface area contributed by atoms with Crippen molar-refractivity contribution in [3.8, 4) is 0 Å². The minimum Gasteiger partial charge on any atom is -0.469 e. The lowest BCUT2D eigenvalue weighted by molar-refractivity contribution is 0.0473. The Kier molecular flexibility index (Phi) is 4.60. The smallest absolute Gasteiger partial charge is 0.349 e. The quantitative estimate of drug-likeness (QED) is 0.609. The fraction of sp³-hybridized carbons (Fsp3) is 0.250. The summed E-state index contributed by atoms with van der Waals surface area (Å²) >= 11 is 1.43. The van der Waals surface area contributed by atoms with Crippen LogP contribution in [-0.4, -0.2) is 11.7 Å². The van der Waals surface area contributed by atoms with Crippen molar-refractivity contribution in [2.24, 2.45) is 0 Å². The van der Waals surface area contributed by atoms with Crippen molar-refractivity contribution >= 4 is 29.1 Å². The van der Waals surface area contributed by atoms with Gasteiger partial charge in [-0.05, 0) is 24.4 Å². The molecule has 102 valence electrons. The van der Waals surface area contributed by atoms with Crippen molar-refractivity contribution in [3.63, 3.8) is 0 Å². The zero-order valence-corrected chi connectivity index (χ0v) is 11.5. The molecule has 0 amide bonds. The van der Waals surface area contributed by atoms with Crippen molar-refractivity contribution in [2.45, 2.75) is 24.2 Å². The summed E-state index contributed by atoms with van der Waals surface area (Å²) in [6, 6.07) is 3.19. The minimum absolute atomic E-state index is 0.0673. The van der Waals surface area contributed by atoms with Gasteiger partial charge in [0, 0.05) is 10.5 Å². The molecule has 2 aromatic rings. The third-order valence-corrected chi connectivity index (χ3v) is 4.15. The van der Waals surface area contributed by atoms with Crippen LogP contribution in [0.5, 0.6) is 0 Å². The molecule has 0 aromatic carbocycles. The number of rotatable bonds is 5. The number of aryl methyl sites for hydroxylation is 1. The van der Waals surface area contributed by atoms with Crippen molar-refractivity contribution in [3.05, 3.63) is 40.0 Å². The van der Waals surface area contributed by atoms with E-state index in [2.05, 4.69) is 0 Å². The zero-order valence-electron chi connectivity index (χ0n) is 9.89. The monoisotopic (exact) mass is 304 g/mol. The van der Waals surface area contributed by atoms with Crippen LogP contribution in [0.2, 0.25) is 0 Å². The molecule has 2 heterocycles. The molecule has 3 nitrogen and oxygen atoms in total. The topological polar surface area (TPSA) is 39.4 Å². The van der Waals surface area contributed by atoms with Crippen LogP contribution in [0.4, 0.5) is 8.78 Å². The van der Waals surface area contributed by atoms with Gasteiger partial charge in [0.2, 0.25) is 0 Å². The highest BCUT2D eigenvalue weighted by Crippen LogP contribution is 2.32. The van der Waals surface area contributed by atoms with Crippen LogP contribution in [0.15, 0.2) is 33.1 Å². The zero-order chi connectivity index (χ0) is 13.8. The number of ether oxygens (including phenoxy) is 1. The summed E-state index contributed by atoms with van der Waals surface area (Å²) in [5, 5.41) is 1.59. The fourth-order valence-electron chi connectivity index (χ4n) is 1.40. The van der Waals surface area contributed by atoms with Crippen molar-refractivity contribution in [2.75, 3.05) is 0 Å². The van der Waals surface area contributed by atoms with Crippen LogP contribution in [0, 0.1) is 6.92 Å². The molecule has 19 heavy (non-hydrogen) atoms. The van der Waals surface area contributed by atoms with Gasteiger partial charge in [0.25, 0.3) is 5.76 Å². The van der Waals surface area contributed by atoms with Gasteiger partial charge in [0.05, 0.1) is 6.26 Å². The second kappa shape index (κ2) is 6.21. The van der Waals surface area contributed by atoms with E-state index in [0.29, 0.717) is 17.5 Å². The number of hydrogen-bond donors (Lipinski definition) is 0. The van der Waals surface area contributed by atoms with E-state index >= 15 is 0 Å². The van der Waals surface area contributed by atoms with E-state index in [9.17, 15) is 13.6 Å². The summed E-state index contributed by atoms with van der Waals surface area (Å²) in [5.74, 6) is -2.49. The number of furan rings is 1. The Bertz CT molecular complexity index is 563. The van der Waals surface area contributed by atoms with E-state index in [1.807, 2.05) is 0 Å². The Balaban J connectivity index is 2.00. The molecule has 0 fully saturated rings. The molecule has 0 N–H and O–H groups in total. The lowest BCUT2D eigenvalue weighted by Crippen LogP contribution is -2.04. The van der Waals surface area contributed by atoms with Crippen LogP contribution < -0.4 is 0 Å². The summed E-state index contributed by atoms with van der Waals surface area (Å²) < 4.78 is 34.8. The van der Waals surface area contributed by atoms with Gasteiger partial charge >= 0.3 is 5.97 Å². The second-order valence-corrected chi connectivity index (χ2v) is 5.52. The Morgan fingerprint density at radius 2 is 2.32 bits per heavy atom. The van der Waals surface area contributed by atoms with Crippen LogP contribution in [0.3, 0.4) is 0 Å². The number of carbonyl (C=O) groups is 1. The summed E-state index contributed by atoms with van der Waals surface area (Å²) in [7, 11) is 0. The maximum atomic E-state index is 12.3. The average molecular weight is 304 g/mol. The number of thiophene rings is 1. The highest BCUT2D eigenvalue weighted by molar-refractivity contribution is 7.99. The molecule has 0 saturated carbocycles. The number of esters is 1. The van der Waals surface area contributed by atoms with Crippen molar-refractivity contribution in [1.82, 2.24) is 0 Å². The number of alkyl halides is 2. The Labute approximate surface area is 116 Å². The van der Waals surface area contributed by atoms with Crippen molar-refractivity contribution < 1.29 is 22.7 Å². The molecule has 2 aromatic heterocycles. The first kappa shape index (κ1) is 14.1. The maximum absolute atomic E-state index is 12.3. The van der Waals surface area contributed by atoms with E-state index in [4.69, 9.17) is 9.15 Å². The highest BCUT2D eigenvalue weighted by atomic mass is 32.2. The van der Waals surface area contributed by atoms with E-state index in [1.54, 1.807) is 18.4 Å². The van der Waals surface area contributed by atoms with Gasteiger partial charge in [-0.1, -0.05) is 11.8 Å². The molecule has 0 aliphatic heterocycles. The molecule has 0 saturated heterocycles. The predicted molar refractivity (Wildman–Crippen MR) is 68.7 cm³/mol. The second-order valence-electron chi connectivity index (χ2n) is 3.57. The molecule has 0 aliphatic carbocycles. The first-order valence-electron chi connectivity index (χ1n) is 5.30. The number of carbonyl (C=O) groups excluding carboxylic acids is 1.